The molecule has 0 atom stereocenters. The Kier molecular flexibility index (Phi) is 6.78. The smallest absolute Gasteiger partial charge is 0.270 e. The maximum absolute atomic E-state index is 13.9. The average molecular weight is 549 g/mol. The zero-order valence-electron chi connectivity index (χ0n) is 19.0. The second-order valence-electron chi connectivity index (χ2n) is 8.10. The summed E-state index contributed by atoms with van der Waals surface area (Å²) in [7, 11) is -2.98. The first-order valence-electron chi connectivity index (χ1n) is 10.4. The van der Waals surface area contributed by atoms with E-state index in [4.69, 9.17) is 28.9 Å². The van der Waals surface area contributed by atoms with Gasteiger partial charge < -0.3 is 15.6 Å². The average Bonchev–Trinajstić information content (AvgIpc) is 3.16. The van der Waals surface area contributed by atoms with Gasteiger partial charge in [0.05, 0.1) is 10.4 Å². The molecule has 0 aliphatic heterocycles. The van der Waals surface area contributed by atoms with Crippen LogP contribution in [0.4, 0.5) is 4.39 Å². The van der Waals surface area contributed by atoms with Gasteiger partial charge in [-0.25, -0.2) is 12.8 Å². The van der Waals surface area contributed by atoms with E-state index in [0.717, 1.165) is 23.6 Å². The van der Waals surface area contributed by atoms with Gasteiger partial charge in [-0.1, -0.05) is 29.3 Å². The Morgan fingerprint density at radius 3 is 2.53 bits per heavy atom. The van der Waals surface area contributed by atoms with Gasteiger partial charge in [-0.2, -0.15) is 0 Å². The van der Waals surface area contributed by atoms with Gasteiger partial charge in [-0.3, -0.25) is 14.6 Å². The number of hydrogen-bond donors (Lipinski definition) is 2. The molecular weight excluding hydrogens is 530 g/mol. The molecule has 0 spiro atoms. The van der Waals surface area contributed by atoms with Gasteiger partial charge in [0.15, 0.2) is 0 Å². The molecule has 2 amide bonds. The van der Waals surface area contributed by atoms with E-state index < -0.39 is 43.0 Å². The summed E-state index contributed by atoms with van der Waals surface area (Å²) in [5.41, 5.74) is 6.04. The monoisotopic (exact) mass is 548 g/mol. The lowest BCUT2D eigenvalue weighted by Crippen LogP contribution is -2.27. The summed E-state index contributed by atoms with van der Waals surface area (Å²) < 4.78 is 40.6. The van der Waals surface area contributed by atoms with Crippen molar-refractivity contribution in [2.75, 3.05) is 7.05 Å². The van der Waals surface area contributed by atoms with Crippen LogP contribution in [-0.2, 0) is 16.4 Å². The molecule has 4 aromatic rings. The Balaban J connectivity index is 1.74. The number of sulfone groups is 1. The van der Waals surface area contributed by atoms with Gasteiger partial charge in [0.2, 0.25) is 9.84 Å². The predicted molar refractivity (Wildman–Crippen MR) is 133 cm³/mol. The topological polar surface area (TPSA) is 126 Å². The van der Waals surface area contributed by atoms with Crippen molar-refractivity contribution < 1.29 is 22.4 Å². The van der Waals surface area contributed by atoms with E-state index in [-0.39, 0.29) is 22.8 Å². The van der Waals surface area contributed by atoms with Crippen molar-refractivity contribution in [3.05, 3.63) is 87.0 Å². The molecule has 0 fully saturated rings. The van der Waals surface area contributed by atoms with Gasteiger partial charge in [0, 0.05) is 35.2 Å². The lowest BCUT2D eigenvalue weighted by atomic mass is 10.1. The molecule has 0 saturated heterocycles. The minimum Gasteiger partial charge on any atom is -0.364 e. The van der Waals surface area contributed by atoms with Crippen molar-refractivity contribution in [3.63, 3.8) is 0 Å². The van der Waals surface area contributed by atoms with Gasteiger partial charge >= 0.3 is 0 Å². The number of carbonyl (C=O) groups is 2. The molecule has 186 valence electrons. The van der Waals surface area contributed by atoms with E-state index in [2.05, 4.69) is 9.97 Å². The standard InChI is InChI=1S/C24H19Cl2FN4O4S/c1-12-20(24(33)31(2)11-14-6-13-4-3-5-29-19(13)10-18(14)26)30-21(23(28)32)22(12)36(34,35)17-8-15(25)7-16(27)9-17/h3-10,30H,11H2,1-2H3,(H2,28,32). The first kappa shape index (κ1) is 25.6. The van der Waals surface area contributed by atoms with Crippen LogP contribution in [0, 0.1) is 12.7 Å². The molecule has 0 bridgehead atoms. The predicted octanol–water partition coefficient (Wildman–Crippen LogP) is 4.52. The number of halogens is 3. The first-order chi connectivity index (χ1) is 16.9. The maximum Gasteiger partial charge on any atom is 0.270 e. The van der Waals surface area contributed by atoms with Crippen LogP contribution in [0.3, 0.4) is 0 Å². The summed E-state index contributed by atoms with van der Waals surface area (Å²) in [4.78, 5) is 32.5. The Labute approximate surface area is 215 Å². The van der Waals surface area contributed by atoms with Crippen molar-refractivity contribution in [1.29, 1.82) is 0 Å². The Morgan fingerprint density at radius 2 is 1.86 bits per heavy atom. The fourth-order valence-electron chi connectivity index (χ4n) is 3.88. The number of nitrogens with zero attached hydrogens (tertiary/aromatic N) is 2. The SMILES string of the molecule is Cc1c(C(=O)N(C)Cc2cc3cccnc3cc2Cl)[nH]c(C(N)=O)c1S(=O)(=O)c1cc(F)cc(Cl)c1. The van der Waals surface area contributed by atoms with Crippen LogP contribution in [0.5, 0.6) is 0 Å². The van der Waals surface area contributed by atoms with E-state index in [1.807, 2.05) is 6.07 Å². The molecule has 2 aromatic heterocycles. The highest BCUT2D eigenvalue weighted by atomic mass is 35.5. The van der Waals surface area contributed by atoms with Gasteiger partial charge in [0.25, 0.3) is 11.8 Å². The molecule has 0 saturated carbocycles. The van der Waals surface area contributed by atoms with Gasteiger partial charge in [-0.15, -0.1) is 0 Å². The molecule has 3 N–H and O–H groups in total. The zero-order valence-corrected chi connectivity index (χ0v) is 21.3. The zero-order chi connectivity index (χ0) is 26.4. The Bertz CT molecular complexity index is 1630. The fourth-order valence-corrected chi connectivity index (χ4v) is 6.10. The van der Waals surface area contributed by atoms with Crippen molar-refractivity contribution >= 4 is 55.8 Å². The van der Waals surface area contributed by atoms with Crippen LogP contribution < -0.4 is 5.73 Å². The first-order valence-corrected chi connectivity index (χ1v) is 12.7. The third kappa shape index (κ3) is 4.67. The summed E-state index contributed by atoms with van der Waals surface area (Å²) in [5, 5.41) is 1.07. The normalized spacial score (nSPS) is 11.6. The summed E-state index contributed by atoms with van der Waals surface area (Å²) in [5.74, 6) is -2.60. The van der Waals surface area contributed by atoms with E-state index in [9.17, 15) is 22.4 Å². The summed E-state index contributed by atoms with van der Waals surface area (Å²) in [6.07, 6.45) is 1.64. The molecule has 8 nitrogen and oxygen atoms in total. The number of aromatic amines is 1. The molecule has 0 aliphatic carbocycles. The van der Waals surface area contributed by atoms with Crippen molar-refractivity contribution in [1.82, 2.24) is 14.9 Å². The van der Waals surface area contributed by atoms with E-state index >= 15 is 0 Å². The number of H-pyrrole nitrogens is 1. The van der Waals surface area contributed by atoms with E-state index in [0.29, 0.717) is 16.1 Å². The number of rotatable bonds is 6. The van der Waals surface area contributed by atoms with E-state index in [1.165, 1.54) is 18.9 Å². The number of pyridine rings is 1. The van der Waals surface area contributed by atoms with Crippen molar-refractivity contribution in [3.8, 4) is 0 Å². The maximum atomic E-state index is 13.9. The minimum atomic E-state index is -4.47. The number of primary amides is 1. The summed E-state index contributed by atoms with van der Waals surface area (Å²) in [6, 6.07) is 9.87. The molecule has 4 rings (SSSR count). The highest BCUT2D eigenvalue weighted by Gasteiger charge is 2.33. The van der Waals surface area contributed by atoms with E-state index in [1.54, 1.807) is 24.4 Å². The third-order valence-corrected chi connectivity index (χ3v) is 8.07. The van der Waals surface area contributed by atoms with Crippen LogP contribution >= 0.6 is 23.2 Å². The molecule has 2 aromatic carbocycles. The Morgan fingerprint density at radius 1 is 1.14 bits per heavy atom. The highest BCUT2D eigenvalue weighted by Crippen LogP contribution is 2.32. The summed E-state index contributed by atoms with van der Waals surface area (Å²) in [6.45, 7) is 1.43. The molecule has 12 heteroatoms. The van der Waals surface area contributed by atoms with Crippen LogP contribution in [0.1, 0.15) is 32.1 Å². The van der Waals surface area contributed by atoms with Gasteiger partial charge in [-0.05, 0) is 54.4 Å². The minimum absolute atomic E-state index is 0.0464. The third-order valence-electron chi connectivity index (χ3n) is 5.59. The molecule has 36 heavy (non-hydrogen) atoms. The molecule has 2 heterocycles. The number of hydrogen-bond acceptors (Lipinski definition) is 5. The van der Waals surface area contributed by atoms with Crippen LogP contribution in [0.2, 0.25) is 10.0 Å². The Hall–Kier alpha value is -3.47. The number of nitrogens with one attached hydrogen (secondary N) is 1. The van der Waals surface area contributed by atoms with Crippen LogP contribution in [-0.4, -0.2) is 42.1 Å². The second-order valence-corrected chi connectivity index (χ2v) is 10.8. The highest BCUT2D eigenvalue weighted by molar-refractivity contribution is 7.91. The molecule has 0 unspecified atom stereocenters. The number of carbonyl (C=O) groups excluding carboxylic acids is 2. The lowest BCUT2D eigenvalue weighted by molar-refractivity contribution is 0.0779. The largest absolute Gasteiger partial charge is 0.364 e. The number of benzene rings is 2. The number of aromatic nitrogens is 2. The van der Waals surface area contributed by atoms with Crippen molar-refractivity contribution in [2.45, 2.75) is 23.3 Å². The van der Waals surface area contributed by atoms with Gasteiger partial charge in [0.1, 0.15) is 22.1 Å². The van der Waals surface area contributed by atoms with Crippen LogP contribution in [0.15, 0.2) is 58.5 Å². The van der Waals surface area contributed by atoms with Crippen molar-refractivity contribution in [2.24, 2.45) is 5.73 Å². The molecule has 0 radical (unpaired) electrons. The lowest BCUT2D eigenvalue weighted by Gasteiger charge is -2.18. The molecular formula is C24H19Cl2FN4O4S. The number of amides is 2. The summed E-state index contributed by atoms with van der Waals surface area (Å²) >= 11 is 12.2. The number of fused-ring (bicyclic) bond motifs is 1. The quantitative estimate of drug-likeness (QED) is 0.366. The second kappa shape index (κ2) is 9.53. The fraction of sp³-hybridized carbons (Fsp3) is 0.125. The molecule has 0 aliphatic rings. The van der Waals surface area contributed by atoms with Crippen LogP contribution in [0.25, 0.3) is 10.9 Å². The number of nitrogens with two attached hydrogens (primary N) is 1.